The Kier molecular flexibility index (Phi) is 12.8. The number of rotatable bonds is 11. The smallest absolute Gasteiger partial charge is 0.324 e. The zero-order valence-corrected chi connectivity index (χ0v) is 25.6. The van der Waals surface area contributed by atoms with Crippen molar-refractivity contribution < 1.29 is 38.8 Å². The van der Waals surface area contributed by atoms with Crippen molar-refractivity contribution in [1.29, 1.82) is 0 Å². The number of ether oxygens (including phenoxy) is 1. The lowest BCUT2D eigenvalue weighted by Gasteiger charge is -2.43. The molecular formula is C32H42ClFN2O7. The molecule has 236 valence electrons. The van der Waals surface area contributed by atoms with Gasteiger partial charge in [0, 0.05) is 31.1 Å². The van der Waals surface area contributed by atoms with Gasteiger partial charge in [-0.05, 0) is 100.0 Å². The average Bonchev–Trinajstić information content (AvgIpc) is 2.96. The van der Waals surface area contributed by atoms with Crippen molar-refractivity contribution in [3.05, 3.63) is 64.4 Å². The molecule has 2 aliphatic rings. The van der Waals surface area contributed by atoms with Crippen molar-refractivity contribution in [2.75, 3.05) is 32.7 Å². The number of aliphatic carboxylic acids is 3. The Morgan fingerprint density at radius 3 is 2.02 bits per heavy atom. The molecule has 2 fully saturated rings. The van der Waals surface area contributed by atoms with Crippen molar-refractivity contribution in [3.8, 4) is 5.75 Å². The summed E-state index contributed by atoms with van der Waals surface area (Å²) in [6, 6.07) is 11.9. The third kappa shape index (κ3) is 10.8. The van der Waals surface area contributed by atoms with E-state index >= 15 is 0 Å². The molecule has 4 rings (SSSR count). The number of nitrogens with zero attached hydrogens (tertiary/aromatic N) is 2. The fourth-order valence-electron chi connectivity index (χ4n) is 5.64. The predicted octanol–water partition coefficient (Wildman–Crippen LogP) is 5.36. The van der Waals surface area contributed by atoms with E-state index in [1.54, 1.807) is 19.1 Å². The first-order valence-corrected chi connectivity index (χ1v) is 15.0. The number of hydrogen-bond acceptors (Lipinski definition) is 6. The van der Waals surface area contributed by atoms with E-state index in [4.69, 9.17) is 26.6 Å². The Labute approximate surface area is 257 Å². The quantitative estimate of drug-likeness (QED) is 0.304. The van der Waals surface area contributed by atoms with Gasteiger partial charge in [-0.3, -0.25) is 19.3 Å². The fraction of sp³-hybridized carbons (Fsp3) is 0.531. The Morgan fingerprint density at radius 1 is 0.930 bits per heavy atom. The zero-order chi connectivity index (χ0) is 31.6. The van der Waals surface area contributed by atoms with Crippen molar-refractivity contribution >= 4 is 29.5 Å². The number of hydrogen-bond donors (Lipinski definition) is 3. The van der Waals surface area contributed by atoms with Gasteiger partial charge in [0.15, 0.2) is 0 Å². The molecule has 0 radical (unpaired) electrons. The molecule has 0 aliphatic carbocycles. The summed E-state index contributed by atoms with van der Waals surface area (Å²) in [5.74, 6) is -1.78. The van der Waals surface area contributed by atoms with Crippen LogP contribution < -0.4 is 4.74 Å². The summed E-state index contributed by atoms with van der Waals surface area (Å²) >= 11 is 6.06. The molecule has 0 amide bonds. The number of halogens is 2. The number of carbonyl (C=O) groups is 3. The molecule has 3 N–H and O–H groups in total. The number of carboxylic acids is 3. The first-order valence-electron chi connectivity index (χ1n) is 14.7. The van der Waals surface area contributed by atoms with Crippen LogP contribution in [0.2, 0.25) is 5.02 Å². The zero-order valence-electron chi connectivity index (χ0n) is 24.8. The molecule has 0 saturated carbocycles. The van der Waals surface area contributed by atoms with Gasteiger partial charge in [0.2, 0.25) is 0 Å². The third-order valence-electron chi connectivity index (χ3n) is 8.27. The lowest BCUT2D eigenvalue weighted by Crippen LogP contribution is -2.57. The van der Waals surface area contributed by atoms with E-state index in [9.17, 15) is 23.9 Å². The molecule has 1 atom stereocenters. The predicted molar refractivity (Wildman–Crippen MR) is 161 cm³/mol. The van der Waals surface area contributed by atoms with E-state index in [2.05, 4.69) is 9.80 Å². The summed E-state index contributed by atoms with van der Waals surface area (Å²) in [5.41, 5.74) is 0.926. The van der Waals surface area contributed by atoms with E-state index in [1.165, 1.54) is 12.1 Å². The number of likely N-dealkylation sites (tertiary alicyclic amines) is 2. The van der Waals surface area contributed by atoms with E-state index in [1.807, 2.05) is 25.1 Å². The van der Waals surface area contributed by atoms with Gasteiger partial charge in [-0.2, -0.15) is 0 Å². The number of benzene rings is 2. The first kappa shape index (κ1) is 34.3. The largest absolute Gasteiger partial charge is 0.490 e. The van der Waals surface area contributed by atoms with Crippen LogP contribution in [0.5, 0.6) is 5.75 Å². The van der Waals surface area contributed by atoms with Crippen LogP contribution in [-0.4, -0.2) is 87.4 Å². The first-order chi connectivity index (χ1) is 20.4. The summed E-state index contributed by atoms with van der Waals surface area (Å²) < 4.78 is 19.5. The molecule has 2 saturated heterocycles. The van der Waals surface area contributed by atoms with Crippen LogP contribution in [0.1, 0.15) is 56.6 Å². The number of aryl methyl sites for hydroxylation is 1. The van der Waals surface area contributed by atoms with Gasteiger partial charge in [0.25, 0.3) is 0 Å². The Morgan fingerprint density at radius 2 is 1.51 bits per heavy atom. The molecular weight excluding hydrogens is 579 g/mol. The van der Waals surface area contributed by atoms with Crippen LogP contribution in [0.4, 0.5) is 4.39 Å². The molecule has 0 bridgehead atoms. The molecule has 43 heavy (non-hydrogen) atoms. The minimum atomic E-state index is -1.08. The van der Waals surface area contributed by atoms with Crippen LogP contribution in [0.15, 0.2) is 42.5 Å². The Bertz CT molecular complexity index is 1210. The van der Waals surface area contributed by atoms with Crippen LogP contribution in [0.3, 0.4) is 0 Å². The van der Waals surface area contributed by atoms with Crippen LogP contribution in [0, 0.1) is 18.7 Å². The normalized spacial score (nSPS) is 18.2. The SMILES string of the molecule is Cc1cc(Cl)ccc1OC1CCN(CC2CCN([C@@](C)(Cc3ccc(F)cc3)C(=O)O)CC2)CC1.O=C(O)CCC(=O)O. The summed E-state index contributed by atoms with van der Waals surface area (Å²) in [6.07, 6.45) is 4.01. The minimum Gasteiger partial charge on any atom is -0.490 e. The minimum absolute atomic E-state index is 0.232. The molecule has 11 heteroatoms. The molecule has 0 unspecified atom stereocenters. The van der Waals surface area contributed by atoms with Crippen molar-refractivity contribution in [3.63, 3.8) is 0 Å². The lowest BCUT2D eigenvalue weighted by molar-refractivity contribution is -0.151. The molecule has 9 nitrogen and oxygen atoms in total. The number of piperidine rings is 2. The van der Waals surface area contributed by atoms with Gasteiger partial charge in [0.1, 0.15) is 23.2 Å². The van der Waals surface area contributed by atoms with E-state index in [0.29, 0.717) is 12.3 Å². The topological polar surface area (TPSA) is 128 Å². The summed E-state index contributed by atoms with van der Waals surface area (Å²) in [5, 5.41) is 26.6. The highest BCUT2D eigenvalue weighted by atomic mass is 35.5. The molecule has 2 aromatic carbocycles. The van der Waals surface area contributed by atoms with Gasteiger partial charge in [0.05, 0.1) is 12.8 Å². The molecule has 2 heterocycles. The van der Waals surface area contributed by atoms with Gasteiger partial charge < -0.3 is 25.0 Å². The van der Waals surface area contributed by atoms with E-state index < -0.39 is 23.4 Å². The second kappa shape index (κ2) is 16.0. The van der Waals surface area contributed by atoms with Gasteiger partial charge >= 0.3 is 17.9 Å². The highest BCUT2D eigenvalue weighted by molar-refractivity contribution is 6.30. The fourth-order valence-corrected chi connectivity index (χ4v) is 5.87. The average molecular weight is 621 g/mol. The van der Waals surface area contributed by atoms with Crippen molar-refractivity contribution in [1.82, 2.24) is 9.80 Å². The monoisotopic (exact) mass is 620 g/mol. The molecule has 2 aliphatic heterocycles. The molecule has 0 spiro atoms. The standard InChI is InChI=1S/C28H36ClFN2O3.C4H6O4/c1-20-17-23(29)5-8-26(20)35-25-11-13-31(14-12-25)19-22-9-15-32(16-10-22)28(2,27(33)34)18-21-3-6-24(30)7-4-21;5-3(6)1-2-4(7)8/h3-8,17,22,25H,9-16,18-19H2,1-2H3,(H,33,34);1-2H2,(H,5,6)(H,7,8)/t28-;/m0./s1. The maximum Gasteiger partial charge on any atom is 0.324 e. The maximum atomic E-state index is 13.3. The molecule has 2 aromatic rings. The Balaban J connectivity index is 0.000000557. The summed E-state index contributed by atoms with van der Waals surface area (Å²) in [6.45, 7) is 8.46. The summed E-state index contributed by atoms with van der Waals surface area (Å²) in [4.78, 5) is 36.2. The summed E-state index contributed by atoms with van der Waals surface area (Å²) in [7, 11) is 0. The van der Waals surface area contributed by atoms with Crippen molar-refractivity contribution in [2.24, 2.45) is 5.92 Å². The van der Waals surface area contributed by atoms with Crippen LogP contribution >= 0.6 is 11.6 Å². The van der Waals surface area contributed by atoms with Crippen molar-refractivity contribution in [2.45, 2.75) is 70.4 Å². The van der Waals surface area contributed by atoms with Crippen LogP contribution in [0.25, 0.3) is 0 Å². The Hall–Kier alpha value is -3.21. The van der Waals surface area contributed by atoms with E-state index in [-0.39, 0.29) is 24.8 Å². The highest BCUT2D eigenvalue weighted by Crippen LogP contribution is 2.30. The van der Waals surface area contributed by atoms with Gasteiger partial charge in [-0.15, -0.1) is 0 Å². The van der Waals surface area contributed by atoms with E-state index in [0.717, 1.165) is 80.3 Å². The lowest BCUT2D eigenvalue weighted by atomic mass is 9.86. The van der Waals surface area contributed by atoms with Gasteiger partial charge in [-0.1, -0.05) is 23.7 Å². The van der Waals surface area contributed by atoms with Crippen LogP contribution in [-0.2, 0) is 20.8 Å². The third-order valence-corrected chi connectivity index (χ3v) is 8.50. The second-order valence-electron chi connectivity index (χ2n) is 11.6. The highest BCUT2D eigenvalue weighted by Gasteiger charge is 2.41. The maximum absolute atomic E-state index is 13.3. The number of carboxylic acid groups (broad SMARTS) is 3. The second-order valence-corrected chi connectivity index (χ2v) is 12.1. The van der Waals surface area contributed by atoms with Gasteiger partial charge in [-0.25, -0.2) is 4.39 Å². The molecule has 0 aromatic heterocycles.